The Morgan fingerprint density at radius 3 is 2.31 bits per heavy atom. The monoisotopic (exact) mass is 475 g/mol. The van der Waals surface area contributed by atoms with Crippen LogP contribution in [0.5, 0.6) is 28.7 Å². The lowest BCUT2D eigenvalue weighted by Gasteiger charge is -2.14. The lowest BCUT2D eigenvalue weighted by atomic mass is 10.1. The molecule has 0 unspecified atom stereocenters. The fraction of sp³-hybridized carbons (Fsp3) is 0.154. The highest BCUT2D eigenvalue weighted by Crippen LogP contribution is 2.42. The van der Waals surface area contributed by atoms with Crippen molar-refractivity contribution in [3.8, 4) is 40.1 Å². The molecule has 0 saturated heterocycles. The van der Waals surface area contributed by atoms with Crippen molar-refractivity contribution < 1.29 is 32.9 Å². The zero-order valence-corrected chi connectivity index (χ0v) is 19.2. The Labute approximate surface area is 199 Å². The predicted octanol–water partition coefficient (Wildman–Crippen LogP) is 4.47. The highest BCUT2D eigenvalue weighted by atomic mass is 16.7. The number of nitrogens with one attached hydrogen (secondary N) is 1. The van der Waals surface area contributed by atoms with Gasteiger partial charge in [0.15, 0.2) is 28.4 Å². The van der Waals surface area contributed by atoms with Gasteiger partial charge < -0.3 is 33.4 Å². The van der Waals surface area contributed by atoms with Gasteiger partial charge in [-0.3, -0.25) is 9.59 Å². The molecule has 1 N–H and O–H groups in total. The van der Waals surface area contributed by atoms with Gasteiger partial charge in [-0.15, -0.1) is 0 Å². The molecule has 0 radical (unpaired) electrons. The summed E-state index contributed by atoms with van der Waals surface area (Å²) >= 11 is 0. The first kappa shape index (κ1) is 22.1. The number of carbonyl (C=O) groups is 1. The summed E-state index contributed by atoms with van der Waals surface area (Å²) in [6.07, 6.45) is 0. The highest BCUT2D eigenvalue weighted by Gasteiger charge is 2.21. The van der Waals surface area contributed by atoms with Crippen LogP contribution in [-0.4, -0.2) is 34.0 Å². The second-order valence-electron chi connectivity index (χ2n) is 7.59. The standard InChI is InChI=1S/C26H21NO8/c1-30-22-12-21-23(25(32-3)24(22)31-2)17(28)11-19(35-21)14-4-7-16(8-5-14)27-26(29)15-6-9-18-20(10-15)34-13-33-18/h4-12H,13H2,1-3H3,(H,27,29). The van der Waals surface area contributed by atoms with E-state index in [4.69, 9.17) is 28.1 Å². The number of ether oxygens (including phenoxy) is 5. The molecule has 1 amide bonds. The molecule has 4 aromatic rings. The summed E-state index contributed by atoms with van der Waals surface area (Å²) in [6, 6.07) is 14.9. The Balaban J connectivity index is 1.43. The Morgan fingerprint density at radius 1 is 0.857 bits per heavy atom. The van der Waals surface area contributed by atoms with Crippen molar-refractivity contribution in [2.45, 2.75) is 0 Å². The van der Waals surface area contributed by atoms with Crippen LogP contribution in [0, 0.1) is 0 Å². The van der Waals surface area contributed by atoms with Gasteiger partial charge in [0.05, 0.1) is 21.3 Å². The molecule has 0 fully saturated rings. The fourth-order valence-corrected chi connectivity index (χ4v) is 3.89. The van der Waals surface area contributed by atoms with E-state index in [1.807, 2.05) is 0 Å². The number of carbonyl (C=O) groups excluding carboxylic acids is 1. The lowest BCUT2D eigenvalue weighted by Crippen LogP contribution is -2.11. The summed E-state index contributed by atoms with van der Waals surface area (Å²) in [4.78, 5) is 25.6. The van der Waals surface area contributed by atoms with Gasteiger partial charge in [0.2, 0.25) is 12.5 Å². The van der Waals surface area contributed by atoms with Crippen LogP contribution in [0.3, 0.4) is 0 Å². The maximum atomic E-state index is 13.0. The largest absolute Gasteiger partial charge is 0.493 e. The van der Waals surface area contributed by atoms with Crippen molar-refractivity contribution in [1.29, 1.82) is 0 Å². The third kappa shape index (κ3) is 3.97. The number of rotatable bonds is 6. The molecule has 5 rings (SSSR count). The van der Waals surface area contributed by atoms with Crippen molar-refractivity contribution in [1.82, 2.24) is 0 Å². The van der Waals surface area contributed by atoms with Crippen molar-refractivity contribution in [2.24, 2.45) is 0 Å². The topological polar surface area (TPSA) is 105 Å². The van der Waals surface area contributed by atoms with Gasteiger partial charge in [-0.1, -0.05) is 0 Å². The number of anilines is 1. The first-order valence-corrected chi connectivity index (χ1v) is 10.6. The Hall–Kier alpha value is -4.66. The van der Waals surface area contributed by atoms with E-state index in [0.717, 1.165) is 0 Å². The average molecular weight is 475 g/mol. The summed E-state index contributed by atoms with van der Waals surface area (Å²) in [5, 5.41) is 3.09. The molecule has 3 aromatic carbocycles. The molecule has 1 aliphatic heterocycles. The summed E-state index contributed by atoms with van der Waals surface area (Å²) < 4.78 is 32.7. The molecule has 35 heavy (non-hydrogen) atoms. The van der Waals surface area contributed by atoms with Gasteiger partial charge in [-0.2, -0.15) is 0 Å². The van der Waals surface area contributed by atoms with Gasteiger partial charge in [-0.05, 0) is 42.5 Å². The van der Waals surface area contributed by atoms with Crippen molar-refractivity contribution >= 4 is 22.6 Å². The molecule has 0 atom stereocenters. The lowest BCUT2D eigenvalue weighted by molar-refractivity contribution is 0.102. The second-order valence-corrected chi connectivity index (χ2v) is 7.59. The molecule has 0 spiro atoms. The SMILES string of the molecule is COc1cc2oc(-c3ccc(NC(=O)c4ccc5c(c4)OCO5)cc3)cc(=O)c2c(OC)c1OC. The summed E-state index contributed by atoms with van der Waals surface area (Å²) in [7, 11) is 4.40. The van der Waals surface area contributed by atoms with E-state index in [2.05, 4.69) is 5.32 Å². The van der Waals surface area contributed by atoms with Crippen LogP contribution in [-0.2, 0) is 0 Å². The Kier molecular flexibility index (Phi) is 5.66. The quantitative estimate of drug-likeness (QED) is 0.436. The van der Waals surface area contributed by atoms with Gasteiger partial charge >= 0.3 is 0 Å². The number of amides is 1. The average Bonchev–Trinajstić information content (AvgIpc) is 3.35. The summed E-state index contributed by atoms with van der Waals surface area (Å²) in [5.41, 5.74) is 1.67. The third-order valence-corrected chi connectivity index (χ3v) is 5.58. The minimum atomic E-state index is -0.292. The van der Waals surface area contributed by atoms with E-state index < -0.39 is 0 Å². The fourth-order valence-electron chi connectivity index (χ4n) is 3.89. The van der Waals surface area contributed by atoms with Gasteiger partial charge in [0.25, 0.3) is 5.91 Å². The van der Waals surface area contributed by atoms with Crippen LogP contribution in [0.15, 0.2) is 63.8 Å². The van der Waals surface area contributed by atoms with Crippen molar-refractivity contribution in [2.75, 3.05) is 33.4 Å². The van der Waals surface area contributed by atoms with E-state index in [0.29, 0.717) is 51.2 Å². The molecule has 0 saturated carbocycles. The molecule has 9 heteroatoms. The van der Waals surface area contributed by atoms with Crippen LogP contribution in [0.1, 0.15) is 10.4 Å². The molecule has 0 aliphatic carbocycles. The molecular weight excluding hydrogens is 454 g/mol. The zero-order chi connectivity index (χ0) is 24.5. The van der Waals surface area contributed by atoms with Crippen LogP contribution in [0.25, 0.3) is 22.3 Å². The molecule has 1 aliphatic rings. The smallest absolute Gasteiger partial charge is 0.255 e. The molecule has 178 valence electrons. The van der Waals surface area contributed by atoms with Crippen LogP contribution in [0.2, 0.25) is 0 Å². The van der Waals surface area contributed by atoms with E-state index in [1.54, 1.807) is 48.5 Å². The molecule has 9 nitrogen and oxygen atoms in total. The summed E-state index contributed by atoms with van der Waals surface area (Å²) in [5.74, 6) is 2.13. The normalized spacial score (nSPS) is 11.9. The Bertz CT molecular complexity index is 1490. The van der Waals surface area contributed by atoms with Gasteiger partial charge in [0.1, 0.15) is 16.7 Å². The maximum absolute atomic E-state index is 13.0. The second kappa shape index (κ2) is 8.94. The van der Waals surface area contributed by atoms with Crippen molar-refractivity contribution in [3.63, 3.8) is 0 Å². The number of methoxy groups -OCH3 is 3. The maximum Gasteiger partial charge on any atom is 0.255 e. The van der Waals surface area contributed by atoms with Crippen LogP contribution >= 0.6 is 0 Å². The van der Waals surface area contributed by atoms with Crippen LogP contribution < -0.4 is 34.4 Å². The van der Waals surface area contributed by atoms with Crippen molar-refractivity contribution in [3.05, 3.63) is 70.4 Å². The van der Waals surface area contributed by atoms with E-state index in [-0.39, 0.29) is 29.3 Å². The molecule has 1 aromatic heterocycles. The molecule has 2 heterocycles. The summed E-state index contributed by atoms with van der Waals surface area (Å²) in [6.45, 7) is 0.139. The number of hydrogen-bond acceptors (Lipinski definition) is 8. The minimum absolute atomic E-state index is 0.139. The zero-order valence-electron chi connectivity index (χ0n) is 19.2. The van der Waals surface area contributed by atoms with E-state index >= 15 is 0 Å². The van der Waals surface area contributed by atoms with Crippen LogP contribution in [0.4, 0.5) is 5.69 Å². The minimum Gasteiger partial charge on any atom is -0.493 e. The highest BCUT2D eigenvalue weighted by molar-refractivity contribution is 6.04. The Morgan fingerprint density at radius 2 is 1.60 bits per heavy atom. The number of benzene rings is 3. The third-order valence-electron chi connectivity index (χ3n) is 5.58. The van der Waals surface area contributed by atoms with Gasteiger partial charge in [0, 0.05) is 28.9 Å². The number of fused-ring (bicyclic) bond motifs is 2. The first-order valence-electron chi connectivity index (χ1n) is 10.6. The first-order chi connectivity index (χ1) is 17.0. The predicted molar refractivity (Wildman–Crippen MR) is 128 cm³/mol. The van der Waals surface area contributed by atoms with E-state index in [1.165, 1.54) is 27.4 Å². The molecule has 0 bridgehead atoms. The van der Waals surface area contributed by atoms with E-state index in [9.17, 15) is 9.59 Å². The number of hydrogen-bond donors (Lipinski definition) is 1. The molecular formula is C26H21NO8. The van der Waals surface area contributed by atoms with Gasteiger partial charge in [-0.25, -0.2) is 0 Å².